The molecule has 4 heteroatoms. The summed E-state index contributed by atoms with van der Waals surface area (Å²) < 4.78 is 1.10. The lowest BCUT2D eigenvalue weighted by Gasteiger charge is -2.13. The Morgan fingerprint density at radius 3 is 2.48 bits per heavy atom. The van der Waals surface area contributed by atoms with Crippen molar-refractivity contribution >= 4 is 28.4 Å². The van der Waals surface area contributed by atoms with Crippen molar-refractivity contribution in [2.24, 2.45) is 5.41 Å². The van der Waals surface area contributed by atoms with E-state index in [1.54, 1.807) is 0 Å². The molecule has 1 aromatic heterocycles. The van der Waals surface area contributed by atoms with Crippen molar-refractivity contribution in [2.75, 3.05) is 11.9 Å². The second-order valence-corrected chi connectivity index (χ2v) is 7.31. The number of halogens is 1. The molecule has 110 valence electrons. The molecule has 21 heavy (non-hydrogen) atoms. The average molecular weight is 393 g/mol. The van der Waals surface area contributed by atoms with E-state index in [9.17, 15) is 0 Å². The van der Waals surface area contributed by atoms with Crippen molar-refractivity contribution in [1.82, 2.24) is 9.97 Å². The highest BCUT2D eigenvalue weighted by Crippen LogP contribution is 2.58. The first-order valence-corrected chi connectivity index (χ1v) is 8.47. The van der Waals surface area contributed by atoms with Crippen LogP contribution >= 0.6 is 22.6 Å². The summed E-state index contributed by atoms with van der Waals surface area (Å²) in [6.45, 7) is 7.54. The van der Waals surface area contributed by atoms with Gasteiger partial charge >= 0.3 is 0 Å². The molecule has 1 atom stereocenters. The maximum Gasteiger partial charge on any atom is 0.143 e. The van der Waals surface area contributed by atoms with Crippen LogP contribution in [0.15, 0.2) is 30.3 Å². The van der Waals surface area contributed by atoms with E-state index in [1.807, 2.05) is 6.07 Å². The third kappa shape index (κ3) is 2.91. The Balaban J connectivity index is 2.10. The minimum absolute atomic E-state index is 0.338. The van der Waals surface area contributed by atoms with Gasteiger partial charge in [-0.1, -0.05) is 44.2 Å². The summed E-state index contributed by atoms with van der Waals surface area (Å²) in [7, 11) is 0. The molecule has 0 amide bonds. The standard InChI is InChI=1S/C17H20IN3/c1-4-19-16-13(18)14(11-8-6-5-7-9-11)20-15(21-16)12-10-17(12,2)3/h5-9,12H,4,10H2,1-3H3,(H,19,20,21). The second kappa shape index (κ2) is 5.55. The van der Waals surface area contributed by atoms with E-state index < -0.39 is 0 Å². The van der Waals surface area contributed by atoms with Crippen molar-refractivity contribution in [3.05, 3.63) is 39.7 Å². The molecule has 0 bridgehead atoms. The van der Waals surface area contributed by atoms with Crippen molar-refractivity contribution in [2.45, 2.75) is 33.1 Å². The highest BCUT2D eigenvalue weighted by atomic mass is 127. The van der Waals surface area contributed by atoms with Crippen molar-refractivity contribution in [3.63, 3.8) is 0 Å². The minimum atomic E-state index is 0.338. The van der Waals surface area contributed by atoms with E-state index >= 15 is 0 Å². The number of nitrogens with zero attached hydrogens (tertiary/aromatic N) is 2. The summed E-state index contributed by atoms with van der Waals surface area (Å²) in [5.41, 5.74) is 2.53. The molecule has 1 saturated carbocycles. The molecule has 0 spiro atoms. The van der Waals surface area contributed by atoms with Gasteiger partial charge in [-0.15, -0.1) is 0 Å². The van der Waals surface area contributed by atoms with Gasteiger partial charge in [0.25, 0.3) is 0 Å². The van der Waals surface area contributed by atoms with Crippen LogP contribution in [0.3, 0.4) is 0 Å². The molecule has 1 aliphatic carbocycles. The Kier molecular flexibility index (Phi) is 3.90. The van der Waals surface area contributed by atoms with Gasteiger partial charge in [-0.2, -0.15) is 0 Å². The molecule has 0 radical (unpaired) electrons. The molecule has 0 aliphatic heterocycles. The first-order chi connectivity index (χ1) is 10.0. The summed E-state index contributed by atoms with van der Waals surface area (Å²) >= 11 is 2.35. The molecule has 3 rings (SSSR count). The van der Waals surface area contributed by atoms with Crippen LogP contribution < -0.4 is 5.32 Å². The zero-order valence-corrected chi connectivity index (χ0v) is 14.8. The second-order valence-electron chi connectivity index (χ2n) is 6.23. The van der Waals surface area contributed by atoms with Crippen LogP contribution in [-0.2, 0) is 0 Å². The van der Waals surface area contributed by atoms with E-state index in [0.29, 0.717) is 11.3 Å². The summed E-state index contributed by atoms with van der Waals surface area (Å²) in [5, 5.41) is 3.38. The quantitative estimate of drug-likeness (QED) is 0.766. The Morgan fingerprint density at radius 2 is 1.90 bits per heavy atom. The molecule has 1 N–H and O–H groups in total. The smallest absolute Gasteiger partial charge is 0.143 e. The topological polar surface area (TPSA) is 37.8 Å². The van der Waals surface area contributed by atoms with Crippen LogP contribution in [0.25, 0.3) is 11.3 Å². The van der Waals surface area contributed by atoms with Gasteiger partial charge in [-0.05, 0) is 41.4 Å². The largest absolute Gasteiger partial charge is 0.369 e. The molecule has 1 unspecified atom stereocenters. The Hall–Kier alpha value is -1.17. The van der Waals surface area contributed by atoms with E-state index in [2.05, 4.69) is 72.9 Å². The average Bonchev–Trinajstić information content (AvgIpc) is 3.11. The van der Waals surface area contributed by atoms with E-state index in [0.717, 1.165) is 33.0 Å². The van der Waals surface area contributed by atoms with Crippen LogP contribution in [0, 0.1) is 8.99 Å². The monoisotopic (exact) mass is 393 g/mol. The summed E-state index contributed by atoms with van der Waals surface area (Å²) in [5.74, 6) is 2.43. The lowest BCUT2D eigenvalue weighted by Crippen LogP contribution is -2.08. The lowest BCUT2D eigenvalue weighted by molar-refractivity contribution is 0.608. The molecule has 2 aromatic rings. The predicted octanol–water partition coefficient (Wildman–Crippen LogP) is 4.69. The van der Waals surface area contributed by atoms with Crippen LogP contribution in [0.1, 0.15) is 38.9 Å². The van der Waals surface area contributed by atoms with Gasteiger partial charge < -0.3 is 5.32 Å². The molecule has 1 fully saturated rings. The van der Waals surface area contributed by atoms with Crippen LogP contribution in [0.5, 0.6) is 0 Å². The van der Waals surface area contributed by atoms with E-state index in [-0.39, 0.29) is 0 Å². The molecular weight excluding hydrogens is 373 g/mol. The SMILES string of the molecule is CCNc1nc(C2CC2(C)C)nc(-c2ccccc2)c1I. The van der Waals surface area contributed by atoms with Gasteiger partial charge in [0.05, 0.1) is 9.26 Å². The third-order valence-electron chi connectivity index (χ3n) is 4.09. The third-order valence-corrected chi connectivity index (χ3v) is 5.11. The van der Waals surface area contributed by atoms with Crippen molar-refractivity contribution < 1.29 is 0 Å². The van der Waals surface area contributed by atoms with Gasteiger partial charge in [-0.25, -0.2) is 9.97 Å². The molecule has 1 heterocycles. The highest BCUT2D eigenvalue weighted by molar-refractivity contribution is 14.1. The zero-order valence-electron chi connectivity index (χ0n) is 12.7. The van der Waals surface area contributed by atoms with Gasteiger partial charge in [-0.3, -0.25) is 0 Å². The first kappa shape index (κ1) is 14.8. The zero-order chi connectivity index (χ0) is 15.0. The van der Waals surface area contributed by atoms with Crippen LogP contribution in [-0.4, -0.2) is 16.5 Å². The van der Waals surface area contributed by atoms with Crippen molar-refractivity contribution in [3.8, 4) is 11.3 Å². The number of nitrogens with one attached hydrogen (secondary N) is 1. The minimum Gasteiger partial charge on any atom is -0.369 e. The Bertz CT molecular complexity index is 653. The summed E-state index contributed by atoms with van der Waals surface area (Å²) in [6, 6.07) is 10.4. The Morgan fingerprint density at radius 1 is 1.24 bits per heavy atom. The number of benzene rings is 1. The Labute approximate surface area is 139 Å². The van der Waals surface area contributed by atoms with Gasteiger partial charge in [0.15, 0.2) is 0 Å². The van der Waals surface area contributed by atoms with Crippen LogP contribution in [0.4, 0.5) is 5.82 Å². The fourth-order valence-corrected chi connectivity index (χ4v) is 3.34. The number of anilines is 1. The molecule has 0 saturated heterocycles. The maximum atomic E-state index is 4.88. The first-order valence-electron chi connectivity index (χ1n) is 7.39. The molecule has 3 nitrogen and oxygen atoms in total. The van der Waals surface area contributed by atoms with Gasteiger partial charge in [0.1, 0.15) is 11.6 Å². The number of aromatic nitrogens is 2. The van der Waals surface area contributed by atoms with E-state index in [4.69, 9.17) is 9.97 Å². The van der Waals surface area contributed by atoms with E-state index in [1.165, 1.54) is 6.42 Å². The van der Waals surface area contributed by atoms with Gasteiger partial charge in [0.2, 0.25) is 0 Å². The molecule has 1 aromatic carbocycles. The maximum absolute atomic E-state index is 4.88. The molecule has 1 aliphatic rings. The summed E-state index contributed by atoms with van der Waals surface area (Å²) in [4.78, 5) is 9.66. The van der Waals surface area contributed by atoms with Crippen LogP contribution in [0.2, 0.25) is 0 Å². The summed E-state index contributed by atoms with van der Waals surface area (Å²) in [6.07, 6.45) is 1.17. The highest BCUT2D eigenvalue weighted by Gasteiger charge is 2.49. The normalized spacial score (nSPS) is 19.3. The van der Waals surface area contributed by atoms with Crippen molar-refractivity contribution in [1.29, 1.82) is 0 Å². The fourth-order valence-electron chi connectivity index (χ4n) is 2.60. The predicted molar refractivity (Wildman–Crippen MR) is 95.5 cm³/mol. The van der Waals surface area contributed by atoms with Gasteiger partial charge in [0, 0.05) is 18.0 Å². The number of hydrogen-bond donors (Lipinski definition) is 1. The fraction of sp³-hybridized carbons (Fsp3) is 0.412. The number of hydrogen-bond acceptors (Lipinski definition) is 3. The number of rotatable bonds is 4. The molecular formula is C17H20IN3. The lowest BCUT2D eigenvalue weighted by atomic mass is 10.1.